The maximum Gasteiger partial charge on any atom is 0.0676 e. The molecule has 0 amide bonds. The summed E-state index contributed by atoms with van der Waals surface area (Å²) in [7, 11) is 0. The summed E-state index contributed by atoms with van der Waals surface area (Å²) in [5.41, 5.74) is 4.54. The minimum atomic E-state index is 0.779. The van der Waals surface area contributed by atoms with E-state index < -0.39 is 0 Å². The number of nitrogens with one attached hydrogen (secondary N) is 2. The Morgan fingerprint density at radius 3 is 2.88 bits per heavy atom. The highest BCUT2D eigenvalue weighted by Gasteiger charge is 2.37. The molecular weight excluding hydrogens is 298 g/mol. The molecule has 1 aromatic carbocycles. The molecule has 0 radical (unpaired) electrons. The lowest BCUT2D eigenvalue weighted by molar-refractivity contribution is 0.401. The van der Waals surface area contributed by atoms with Crippen LogP contribution in [0.15, 0.2) is 30.6 Å². The van der Waals surface area contributed by atoms with E-state index in [0.29, 0.717) is 0 Å². The van der Waals surface area contributed by atoms with Crippen molar-refractivity contribution in [2.24, 2.45) is 17.8 Å². The number of rotatable bonds is 3. The summed E-state index contributed by atoms with van der Waals surface area (Å²) in [5, 5.41) is 16.8. The van der Waals surface area contributed by atoms with Crippen molar-refractivity contribution in [3.8, 4) is 11.1 Å². The first-order chi connectivity index (χ1) is 11.8. The minimum absolute atomic E-state index is 0.779. The minimum Gasteiger partial charge on any atom is -0.316 e. The van der Waals surface area contributed by atoms with Gasteiger partial charge in [0.1, 0.15) is 0 Å². The number of aromatic nitrogens is 4. The van der Waals surface area contributed by atoms with E-state index in [4.69, 9.17) is 0 Å². The Balaban J connectivity index is 1.40. The molecule has 2 fully saturated rings. The predicted molar refractivity (Wildman–Crippen MR) is 94.6 cm³/mol. The summed E-state index contributed by atoms with van der Waals surface area (Å²) in [6, 6.07) is 6.32. The number of aryl methyl sites for hydroxylation is 1. The van der Waals surface area contributed by atoms with Crippen molar-refractivity contribution in [1.82, 2.24) is 25.3 Å². The molecule has 1 saturated heterocycles. The molecule has 2 atom stereocenters. The Hall–Kier alpha value is -2.14. The van der Waals surface area contributed by atoms with Crippen molar-refractivity contribution in [2.45, 2.75) is 26.3 Å². The van der Waals surface area contributed by atoms with Crippen LogP contribution in [0.3, 0.4) is 0 Å². The third kappa shape index (κ3) is 2.26. The second-order valence-electron chi connectivity index (χ2n) is 7.50. The van der Waals surface area contributed by atoms with Gasteiger partial charge in [0.15, 0.2) is 0 Å². The number of nitrogens with zero attached hydrogens (tertiary/aromatic N) is 3. The highest BCUT2D eigenvalue weighted by atomic mass is 15.3. The monoisotopic (exact) mass is 321 g/mol. The van der Waals surface area contributed by atoms with E-state index in [2.05, 4.69) is 56.6 Å². The zero-order valence-corrected chi connectivity index (χ0v) is 14.0. The van der Waals surface area contributed by atoms with E-state index >= 15 is 0 Å². The SMILES string of the molecule is Cc1n[nH]c2cccc(-c3cnn(CC4CC5CNCC5C4)c3)c12. The summed E-state index contributed by atoms with van der Waals surface area (Å²) in [5.74, 6) is 2.57. The molecule has 1 aliphatic heterocycles. The van der Waals surface area contributed by atoms with Crippen molar-refractivity contribution >= 4 is 10.9 Å². The first-order valence-electron chi connectivity index (χ1n) is 8.95. The van der Waals surface area contributed by atoms with Gasteiger partial charge in [-0.1, -0.05) is 12.1 Å². The molecule has 0 bridgehead atoms. The van der Waals surface area contributed by atoms with Gasteiger partial charge < -0.3 is 5.32 Å². The lowest BCUT2D eigenvalue weighted by Gasteiger charge is -2.11. The standard InChI is InChI=1S/C19H23N5/c1-12-19-17(3-2-4-18(19)23-22-12)16-9-21-24(11-16)10-13-5-14-7-20-8-15(14)6-13/h2-4,9,11,13-15,20H,5-8,10H2,1H3,(H,22,23). The number of benzene rings is 1. The van der Waals surface area contributed by atoms with E-state index in [1.807, 2.05) is 6.20 Å². The van der Waals surface area contributed by atoms with E-state index in [1.54, 1.807) is 0 Å². The van der Waals surface area contributed by atoms with Crippen LogP contribution in [0.2, 0.25) is 0 Å². The average molecular weight is 321 g/mol. The fourth-order valence-corrected chi connectivity index (χ4v) is 4.78. The Morgan fingerprint density at radius 1 is 1.21 bits per heavy atom. The summed E-state index contributed by atoms with van der Waals surface area (Å²) in [6.45, 7) is 5.53. The zero-order valence-electron chi connectivity index (χ0n) is 14.0. The molecule has 5 heteroatoms. The maximum atomic E-state index is 4.64. The molecule has 124 valence electrons. The smallest absolute Gasteiger partial charge is 0.0676 e. The molecule has 1 saturated carbocycles. The fraction of sp³-hybridized carbons (Fsp3) is 0.474. The third-order valence-corrected chi connectivity index (χ3v) is 5.91. The number of aromatic amines is 1. The van der Waals surface area contributed by atoms with Gasteiger partial charge in [0, 0.05) is 23.7 Å². The van der Waals surface area contributed by atoms with Crippen LogP contribution in [0, 0.1) is 24.7 Å². The summed E-state index contributed by atoms with van der Waals surface area (Å²) in [4.78, 5) is 0. The number of H-pyrrole nitrogens is 1. The fourth-order valence-electron chi connectivity index (χ4n) is 4.78. The Bertz CT molecular complexity index is 865. The van der Waals surface area contributed by atoms with E-state index in [9.17, 15) is 0 Å². The first kappa shape index (κ1) is 14.2. The summed E-state index contributed by atoms with van der Waals surface area (Å²) < 4.78 is 2.14. The van der Waals surface area contributed by atoms with Crippen molar-refractivity contribution in [1.29, 1.82) is 0 Å². The normalized spacial score (nSPS) is 26.3. The molecule has 3 heterocycles. The molecule has 0 spiro atoms. The molecule has 5 rings (SSSR count). The topological polar surface area (TPSA) is 58.5 Å². The number of hydrogen-bond donors (Lipinski definition) is 2. The van der Waals surface area contributed by atoms with Gasteiger partial charge in [-0.25, -0.2) is 0 Å². The molecule has 1 aliphatic carbocycles. The van der Waals surface area contributed by atoms with Crippen molar-refractivity contribution in [3.05, 3.63) is 36.3 Å². The summed E-state index contributed by atoms with van der Waals surface area (Å²) >= 11 is 0. The average Bonchev–Trinajstić information content (AvgIpc) is 3.32. The van der Waals surface area contributed by atoms with Crippen LogP contribution < -0.4 is 5.32 Å². The van der Waals surface area contributed by atoms with Crippen LogP contribution in [-0.2, 0) is 6.54 Å². The van der Waals surface area contributed by atoms with E-state index in [-0.39, 0.29) is 0 Å². The van der Waals surface area contributed by atoms with Gasteiger partial charge in [-0.15, -0.1) is 0 Å². The molecule has 2 aromatic heterocycles. The molecule has 2 aliphatic rings. The van der Waals surface area contributed by atoms with Gasteiger partial charge in [0.25, 0.3) is 0 Å². The summed E-state index contributed by atoms with van der Waals surface area (Å²) in [6.07, 6.45) is 6.90. The van der Waals surface area contributed by atoms with Crippen LogP contribution in [-0.4, -0.2) is 33.1 Å². The number of fused-ring (bicyclic) bond motifs is 2. The Morgan fingerprint density at radius 2 is 2.04 bits per heavy atom. The van der Waals surface area contributed by atoms with Crippen molar-refractivity contribution in [3.63, 3.8) is 0 Å². The van der Waals surface area contributed by atoms with Crippen molar-refractivity contribution in [2.75, 3.05) is 13.1 Å². The Labute approximate surface area is 141 Å². The van der Waals surface area contributed by atoms with E-state index in [1.165, 1.54) is 42.4 Å². The third-order valence-electron chi connectivity index (χ3n) is 5.91. The van der Waals surface area contributed by atoms with Crippen LogP contribution in [0.4, 0.5) is 0 Å². The molecule has 5 nitrogen and oxygen atoms in total. The van der Waals surface area contributed by atoms with Gasteiger partial charge >= 0.3 is 0 Å². The molecule has 2 N–H and O–H groups in total. The lowest BCUT2D eigenvalue weighted by Crippen LogP contribution is -2.15. The van der Waals surface area contributed by atoms with Crippen LogP contribution >= 0.6 is 0 Å². The second-order valence-corrected chi connectivity index (χ2v) is 7.50. The van der Waals surface area contributed by atoms with Crippen LogP contribution in [0.25, 0.3) is 22.0 Å². The predicted octanol–water partition coefficient (Wildman–Crippen LogP) is 2.98. The molecule has 3 aromatic rings. The Kier molecular flexibility index (Phi) is 3.23. The van der Waals surface area contributed by atoms with Crippen molar-refractivity contribution < 1.29 is 0 Å². The molecule has 2 unspecified atom stereocenters. The van der Waals surface area contributed by atoms with Gasteiger partial charge in [-0.05, 0) is 62.2 Å². The highest BCUT2D eigenvalue weighted by molar-refractivity contribution is 5.96. The van der Waals surface area contributed by atoms with Crippen LogP contribution in [0.5, 0.6) is 0 Å². The van der Waals surface area contributed by atoms with Gasteiger partial charge in [0.05, 0.1) is 17.4 Å². The number of hydrogen-bond acceptors (Lipinski definition) is 3. The lowest BCUT2D eigenvalue weighted by atomic mass is 10.0. The largest absolute Gasteiger partial charge is 0.316 e. The van der Waals surface area contributed by atoms with E-state index in [0.717, 1.165) is 35.5 Å². The van der Waals surface area contributed by atoms with Gasteiger partial charge in [-0.3, -0.25) is 9.78 Å². The zero-order chi connectivity index (χ0) is 16.1. The first-order valence-corrected chi connectivity index (χ1v) is 8.95. The highest BCUT2D eigenvalue weighted by Crippen LogP contribution is 2.39. The van der Waals surface area contributed by atoms with Gasteiger partial charge in [0.2, 0.25) is 0 Å². The quantitative estimate of drug-likeness (QED) is 0.780. The van der Waals surface area contributed by atoms with Gasteiger partial charge in [-0.2, -0.15) is 10.2 Å². The maximum absolute atomic E-state index is 4.64. The molecular formula is C19H23N5. The second kappa shape index (κ2) is 5.45. The molecule has 24 heavy (non-hydrogen) atoms. The van der Waals surface area contributed by atoms with Crippen LogP contribution in [0.1, 0.15) is 18.5 Å².